The summed E-state index contributed by atoms with van der Waals surface area (Å²) in [5.41, 5.74) is 3.86. The molecule has 8 heteroatoms. The number of carbonyl (C=O) groups is 1. The Labute approximate surface area is 201 Å². The van der Waals surface area contributed by atoms with Gasteiger partial charge in [0.25, 0.3) is 0 Å². The molecule has 5 aromatic rings. The monoisotopic (exact) mass is 471 g/mol. The summed E-state index contributed by atoms with van der Waals surface area (Å²) in [6, 6.07) is 19.5. The summed E-state index contributed by atoms with van der Waals surface area (Å²) in [6.45, 7) is 0.412. The van der Waals surface area contributed by atoms with Crippen LogP contribution in [-0.4, -0.2) is 32.6 Å². The summed E-state index contributed by atoms with van der Waals surface area (Å²) < 4.78 is 5.30. The van der Waals surface area contributed by atoms with Gasteiger partial charge in [-0.25, -0.2) is 0 Å². The van der Waals surface area contributed by atoms with Crippen LogP contribution in [0.15, 0.2) is 83.8 Å². The van der Waals surface area contributed by atoms with Crippen LogP contribution in [0.25, 0.3) is 22.3 Å². The first-order valence-electron chi connectivity index (χ1n) is 11.0. The highest BCUT2D eigenvalue weighted by atomic mass is 35.5. The normalized spacial score (nSPS) is 12.0. The summed E-state index contributed by atoms with van der Waals surface area (Å²) in [5, 5.41) is 8.81. The largest absolute Gasteiger partial charge is 0.361 e. The van der Waals surface area contributed by atoms with E-state index in [-0.39, 0.29) is 18.2 Å². The number of hydrogen-bond acceptors (Lipinski definition) is 5. The minimum atomic E-state index is -0.102. The molecule has 7 nitrogen and oxygen atoms in total. The Morgan fingerprint density at radius 1 is 1.06 bits per heavy atom. The molecule has 2 N–H and O–H groups in total. The Balaban J connectivity index is 1.28. The molecule has 1 amide bonds. The van der Waals surface area contributed by atoms with E-state index < -0.39 is 0 Å². The highest BCUT2D eigenvalue weighted by molar-refractivity contribution is 6.31. The smallest absolute Gasteiger partial charge is 0.227 e. The molecule has 0 fully saturated rings. The minimum Gasteiger partial charge on any atom is -0.361 e. The SMILES string of the molecule is O=C(CCc1nc(-c2cccnc2)no1)NCC(c1ccccc1Cl)c1c[nH]c2ccccc12. The zero-order valence-electron chi connectivity index (χ0n) is 18.2. The number of carbonyl (C=O) groups excluding carboxylic acids is 1. The second kappa shape index (κ2) is 9.89. The number of aryl methyl sites for hydroxylation is 1. The van der Waals surface area contributed by atoms with Gasteiger partial charge in [0.2, 0.25) is 17.6 Å². The van der Waals surface area contributed by atoms with E-state index in [1.54, 1.807) is 12.4 Å². The molecular formula is C26H22ClN5O2. The highest BCUT2D eigenvalue weighted by Crippen LogP contribution is 2.34. The molecule has 170 valence electrons. The van der Waals surface area contributed by atoms with E-state index in [1.807, 2.05) is 60.8 Å². The van der Waals surface area contributed by atoms with Crippen LogP contribution >= 0.6 is 11.6 Å². The fourth-order valence-electron chi connectivity index (χ4n) is 4.02. The molecule has 0 spiro atoms. The molecule has 3 heterocycles. The molecule has 0 saturated carbocycles. The third kappa shape index (κ3) is 4.70. The molecule has 0 saturated heterocycles. The predicted molar refractivity (Wildman–Crippen MR) is 130 cm³/mol. The van der Waals surface area contributed by atoms with Crippen molar-refractivity contribution < 1.29 is 9.32 Å². The Bertz CT molecular complexity index is 1410. The van der Waals surface area contributed by atoms with Gasteiger partial charge < -0.3 is 14.8 Å². The van der Waals surface area contributed by atoms with Crippen molar-refractivity contribution in [3.63, 3.8) is 0 Å². The molecule has 1 unspecified atom stereocenters. The number of rotatable bonds is 8. The summed E-state index contributed by atoms with van der Waals surface area (Å²) >= 11 is 6.54. The highest BCUT2D eigenvalue weighted by Gasteiger charge is 2.21. The van der Waals surface area contributed by atoms with Crippen LogP contribution in [0.3, 0.4) is 0 Å². The van der Waals surface area contributed by atoms with Gasteiger partial charge in [0, 0.05) is 65.4 Å². The number of nitrogens with one attached hydrogen (secondary N) is 2. The van der Waals surface area contributed by atoms with E-state index in [0.29, 0.717) is 29.7 Å². The standard InChI is InChI=1S/C26H22ClN5O2/c27-22-9-3-1-7-18(22)20(21-15-29-23-10-4-2-8-19(21)23)16-30-24(33)11-12-25-31-26(32-34-25)17-6-5-13-28-14-17/h1-10,13-15,20,29H,11-12,16H2,(H,30,33). The topological polar surface area (TPSA) is 96.7 Å². The van der Waals surface area contributed by atoms with Crippen molar-refractivity contribution >= 4 is 28.4 Å². The fraction of sp³-hybridized carbons (Fsp3) is 0.154. The first-order chi connectivity index (χ1) is 16.7. The lowest BCUT2D eigenvalue weighted by molar-refractivity contribution is -0.121. The van der Waals surface area contributed by atoms with Crippen molar-refractivity contribution in [2.24, 2.45) is 0 Å². The van der Waals surface area contributed by atoms with Gasteiger partial charge in [-0.2, -0.15) is 4.98 Å². The summed E-state index contributed by atoms with van der Waals surface area (Å²) in [7, 11) is 0. The van der Waals surface area contributed by atoms with E-state index in [0.717, 1.165) is 27.6 Å². The van der Waals surface area contributed by atoms with Gasteiger partial charge in [-0.3, -0.25) is 9.78 Å². The third-order valence-electron chi connectivity index (χ3n) is 5.73. The molecule has 3 aromatic heterocycles. The summed E-state index contributed by atoms with van der Waals surface area (Å²) in [5.74, 6) is 0.669. The Hall–Kier alpha value is -3.97. The third-order valence-corrected chi connectivity index (χ3v) is 6.08. The number of H-pyrrole nitrogens is 1. The van der Waals surface area contributed by atoms with Gasteiger partial charge in [-0.05, 0) is 35.4 Å². The van der Waals surface area contributed by atoms with Gasteiger partial charge in [0.1, 0.15) is 0 Å². The quantitative estimate of drug-likeness (QED) is 0.326. The van der Waals surface area contributed by atoms with E-state index in [9.17, 15) is 4.79 Å². The molecule has 34 heavy (non-hydrogen) atoms. The average molecular weight is 472 g/mol. The predicted octanol–water partition coefficient (Wildman–Crippen LogP) is 5.15. The molecule has 0 radical (unpaired) electrons. The van der Waals surface area contributed by atoms with Gasteiger partial charge in [0.05, 0.1) is 0 Å². The van der Waals surface area contributed by atoms with Gasteiger partial charge >= 0.3 is 0 Å². The maximum Gasteiger partial charge on any atom is 0.227 e. The lowest BCUT2D eigenvalue weighted by atomic mass is 9.90. The van der Waals surface area contributed by atoms with E-state index in [4.69, 9.17) is 16.1 Å². The van der Waals surface area contributed by atoms with Crippen molar-refractivity contribution in [3.05, 3.63) is 101 Å². The summed E-state index contributed by atoms with van der Waals surface area (Å²) in [6.07, 6.45) is 5.92. The number of halogens is 1. The number of hydrogen-bond donors (Lipinski definition) is 2. The number of fused-ring (bicyclic) bond motifs is 1. The molecule has 2 aromatic carbocycles. The van der Waals surface area contributed by atoms with E-state index >= 15 is 0 Å². The zero-order valence-corrected chi connectivity index (χ0v) is 19.0. The van der Waals surface area contributed by atoms with Crippen LogP contribution < -0.4 is 5.32 Å². The maximum atomic E-state index is 12.7. The summed E-state index contributed by atoms with van der Waals surface area (Å²) in [4.78, 5) is 24.4. The second-order valence-electron chi connectivity index (χ2n) is 7.92. The number of para-hydroxylation sites is 1. The molecule has 0 bridgehead atoms. The van der Waals surface area contributed by atoms with Crippen molar-refractivity contribution in [1.29, 1.82) is 0 Å². The molecular weight excluding hydrogens is 450 g/mol. The van der Waals surface area contributed by atoms with Crippen LogP contribution in [0, 0.1) is 0 Å². The van der Waals surface area contributed by atoms with Crippen LogP contribution in [-0.2, 0) is 11.2 Å². The number of aromatic nitrogens is 4. The number of pyridine rings is 1. The van der Waals surface area contributed by atoms with E-state index in [1.165, 1.54) is 0 Å². The Morgan fingerprint density at radius 3 is 2.76 bits per heavy atom. The second-order valence-corrected chi connectivity index (χ2v) is 8.33. The van der Waals surface area contributed by atoms with Crippen molar-refractivity contribution in [1.82, 2.24) is 25.4 Å². The van der Waals surface area contributed by atoms with Crippen molar-refractivity contribution in [2.45, 2.75) is 18.8 Å². The molecule has 0 aliphatic heterocycles. The number of nitrogens with zero attached hydrogens (tertiary/aromatic N) is 3. The molecule has 0 aliphatic rings. The zero-order chi connectivity index (χ0) is 23.3. The van der Waals surface area contributed by atoms with Crippen molar-refractivity contribution in [2.75, 3.05) is 6.54 Å². The molecule has 0 aliphatic carbocycles. The van der Waals surface area contributed by atoms with Crippen molar-refractivity contribution in [3.8, 4) is 11.4 Å². The fourth-order valence-corrected chi connectivity index (χ4v) is 4.29. The van der Waals surface area contributed by atoms with Crippen LogP contribution in [0.1, 0.15) is 29.4 Å². The van der Waals surface area contributed by atoms with Crippen LogP contribution in [0.4, 0.5) is 0 Å². The average Bonchev–Trinajstić information content (AvgIpc) is 3.52. The molecule has 5 rings (SSSR count). The van der Waals surface area contributed by atoms with E-state index in [2.05, 4.69) is 31.5 Å². The number of aromatic amines is 1. The maximum absolute atomic E-state index is 12.7. The van der Waals surface area contributed by atoms with Crippen LogP contribution in [0.5, 0.6) is 0 Å². The first kappa shape index (κ1) is 21.9. The number of amides is 1. The van der Waals surface area contributed by atoms with Gasteiger partial charge in [-0.15, -0.1) is 0 Å². The lowest BCUT2D eigenvalue weighted by Crippen LogP contribution is -2.29. The van der Waals surface area contributed by atoms with Crippen LogP contribution in [0.2, 0.25) is 5.02 Å². The minimum absolute atomic E-state index is 0.0991. The molecule has 1 atom stereocenters. The Morgan fingerprint density at radius 2 is 1.91 bits per heavy atom. The number of benzene rings is 2. The van der Waals surface area contributed by atoms with Gasteiger partial charge in [-0.1, -0.05) is 53.2 Å². The van der Waals surface area contributed by atoms with Gasteiger partial charge in [0.15, 0.2) is 0 Å². The Kier molecular flexibility index (Phi) is 6.35. The lowest BCUT2D eigenvalue weighted by Gasteiger charge is -2.19. The first-order valence-corrected chi connectivity index (χ1v) is 11.4.